The molecule has 2 aromatic rings. The quantitative estimate of drug-likeness (QED) is 0.696. The second kappa shape index (κ2) is 6.66. The Morgan fingerprint density at radius 2 is 1.11 bits per heavy atom. The zero-order valence-electron chi connectivity index (χ0n) is 14.8. The molecule has 0 atom stereocenters. The number of allylic oxidation sites excluding steroid dienone is 8. The number of hydrogen-bond donors (Lipinski definition) is 1. The second-order valence-corrected chi connectivity index (χ2v) is 28.3. The molecule has 0 heterocycles. The van der Waals surface area contributed by atoms with E-state index in [-0.39, 0.29) is 0 Å². The molecule has 0 spiro atoms. The van der Waals surface area contributed by atoms with E-state index in [2.05, 4.69) is 0 Å². The molecule has 2 aliphatic carbocycles. The van der Waals surface area contributed by atoms with Crippen molar-refractivity contribution in [2.75, 3.05) is 0 Å². The Labute approximate surface area is 159 Å². The van der Waals surface area contributed by atoms with E-state index in [4.69, 9.17) is 0 Å². The Hall–Kier alpha value is -1.81. The van der Waals surface area contributed by atoms with E-state index < -0.39 is 24.2 Å². The summed E-state index contributed by atoms with van der Waals surface area (Å²) in [4.78, 5) is 0. The number of hydrogen-bond acceptors (Lipinski definition) is 2. The van der Waals surface area contributed by atoms with Crippen LogP contribution in [0.25, 0.3) is 0 Å². The molecule has 0 saturated carbocycles. The summed E-state index contributed by atoms with van der Waals surface area (Å²) < 4.78 is 41.6. The molecule has 0 aromatic heterocycles. The topological polar surface area (TPSA) is 54.4 Å². The van der Waals surface area contributed by atoms with Crippen molar-refractivity contribution in [3.63, 3.8) is 0 Å². The average Bonchev–Trinajstić information content (AvgIpc) is 3.39. The van der Waals surface area contributed by atoms with Gasteiger partial charge < -0.3 is 0 Å². The minimum atomic E-state index is -5.62. The predicted octanol–water partition coefficient (Wildman–Crippen LogP) is 3.82. The van der Waals surface area contributed by atoms with Crippen molar-refractivity contribution in [3.8, 4) is 0 Å². The van der Waals surface area contributed by atoms with Gasteiger partial charge in [0.1, 0.15) is 0 Å². The zero-order chi connectivity index (χ0) is 19.0. The molecule has 0 unspecified atom stereocenters. The van der Waals surface area contributed by atoms with Crippen LogP contribution in [0.4, 0.5) is 0 Å². The number of rotatable bonds is 5. The maximum absolute atomic E-state index is 13.7. The standard InChI is InChI=1S/2C6H5.2C5H5.HO3S.Zr/c2*1-2-4-6-5-3-1;2*1-2-4-5-3-1;1-4(2)3;/h2*1-5H;2*1-3H,4H2;(H,1,2,3);. The monoisotopic (exact) mass is 455 g/mol. The third-order valence-corrected chi connectivity index (χ3v) is 35.4. The number of benzene rings is 2. The zero-order valence-corrected chi connectivity index (χ0v) is 18.1. The fourth-order valence-electron chi connectivity index (χ4n) is 4.86. The van der Waals surface area contributed by atoms with E-state index in [1.54, 1.807) is 0 Å². The molecule has 137 valence electrons. The van der Waals surface area contributed by atoms with Crippen molar-refractivity contribution in [1.29, 1.82) is 0 Å². The molecule has 5 heteroatoms. The van der Waals surface area contributed by atoms with Gasteiger partial charge in [-0.05, 0) is 0 Å². The maximum atomic E-state index is 13.7. The summed E-state index contributed by atoms with van der Waals surface area (Å²) >= 11 is -5.62. The first-order valence-corrected chi connectivity index (χ1v) is 18.3. The van der Waals surface area contributed by atoms with Gasteiger partial charge in [-0.25, -0.2) is 0 Å². The second-order valence-electron chi connectivity index (χ2n) is 7.01. The molecular weight excluding hydrogens is 436 g/mol. The molecule has 0 fully saturated rings. The third kappa shape index (κ3) is 2.29. The van der Waals surface area contributed by atoms with Crippen LogP contribution in [0.3, 0.4) is 0 Å². The van der Waals surface area contributed by atoms with E-state index in [1.165, 1.54) is 0 Å². The third-order valence-electron chi connectivity index (χ3n) is 5.93. The molecule has 2 aromatic carbocycles. The van der Waals surface area contributed by atoms with Crippen molar-refractivity contribution >= 4 is 13.4 Å². The molecule has 0 bridgehead atoms. The molecule has 3 nitrogen and oxygen atoms in total. The van der Waals surface area contributed by atoms with Gasteiger partial charge in [-0.1, -0.05) is 0 Å². The van der Waals surface area contributed by atoms with Crippen LogP contribution < -0.4 is 6.54 Å². The molecule has 4 rings (SSSR count). The normalized spacial score (nSPS) is 18.0. The average molecular weight is 457 g/mol. The van der Waals surface area contributed by atoms with Crippen LogP contribution in [-0.4, -0.2) is 13.0 Å². The first kappa shape index (κ1) is 18.6. The predicted molar refractivity (Wildman–Crippen MR) is 107 cm³/mol. The van der Waals surface area contributed by atoms with Gasteiger partial charge in [0.25, 0.3) is 0 Å². The molecule has 1 N–H and O–H groups in total. The summed E-state index contributed by atoms with van der Waals surface area (Å²) in [6, 6.07) is 18.7. The van der Waals surface area contributed by atoms with Crippen molar-refractivity contribution < 1.29 is 30.3 Å². The van der Waals surface area contributed by atoms with E-state index >= 15 is 0 Å². The SMILES string of the molecule is O=[S](=O)(O)[Zr]([C]1=CC=CC1)([C]1=CC=CC1)([c]1ccccc1)[c]1ccccc1. The van der Waals surface area contributed by atoms with Gasteiger partial charge in [-0.2, -0.15) is 0 Å². The fourth-order valence-corrected chi connectivity index (χ4v) is 32.9. The summed E-state index contributed by atoms with van der Waals surface area (Å²) in [6.45, 7) is -4.47. The van der Waals surface area contributed by atoms with Crippen molar-refractivity contribution in [1.82, 2.24) is 0 Å². The molecule has 0 saturated heterocycles. The molecule has 0 aliphatic heterocycles. The minimum absolute atomic E-state index is 0.534. The van der Waals surface area contributed by atoms with Gasteiger partial charge in [-0.15, -0.1) is 0 Å². The van der Waals surface area contributed by atoms with Crippen LogP contribution in [0.15, 0.2) is 104 Å². The summed E-state index contributed by atoms with van der Waals surface area (Å²) in [5.74, 6) is 0. The summed E-state index contributed by atoms with van der Waals surface area (Å²) in [7, 11) is 0. The van der Waals surface area contributed by atoms with Crippen LogP contribution >= 0.6 is 0 Å². The van der Waals surface area contributed by atoms with Gasteiger partial charge in [0.05, 0.1) is 0 Å². The Balaban J connectivity index is 2.30. The molecule has 0 amide bonds. The van der Waals surface area contributed by atoms with Gasteiger partial charge in [0.2, 0.25) is 0 Å². The molecule has 2 aliphatic rings. The van der Waals surface area contributed by atoms with Crippen molar-refractivity contribution in [2.45, 2.75) is 12.8 Å². The van der Waals surface area contributed by atoms with Gasteiger partial charge in [0.15, 0.2) is 0 Å². The first-order chi connectivity index (χ1) is 13.0. The fraction of sp³-hybridized carbons (Fsp3) is 0.0909. The van der Waals surface area contributed by atoms with Crippen LogP contribution in [0.5, 0.6) is 0 Å². The Kier molecular flexibility index (Phi) is 4.58. The summed E-state index contributed by atoms with van der Waals surface area (Å²) in [6.07, 6.45) is 12.7. The van der Waals surface area contributed by atoms with Gasteiger partial charge in [0, 0.05) is 0 Å². The first-order valence-electron chi connectivity index (χ1n) is 8.98. The van der Waals surface area contributed by atoms with Crippen molar-refractivity contribution in [3.05, 3.63) is 104 Å². The van der Waals surface area contributed by atoms with Crippen LogP contribution in [0, 0.1) is 0 Å². The van der Waals surface area contributed by atoms with E-state index in [1.807, 2.05) is 97.1 Å². The van der Waals surface area contributed by atoms with E-state index in [9.17, 15) is 13.0 Å². The van der Waals surface area contributed by atoms with Crippen LogP contribution in [-0.2, 0) is 24.2 Å². The Morgan fingerprint density at radius 1 is 0.704 bits per heavy atom. The summed E-state index contributed by atoms with van der Waals surface area (Å²) in [5, 5.41) is 0. The Morgan fingerprint density at radius 3 is 1.41 bits per heavy atom. The van der Waals surface area contributed by atoms with Gasteiger partial charge >= 0.3 is 160 Å². The molecule has 0 radical (unpaired) electrons. The van der Waals surface area contributed by atoms with E-state index in [0.717, 1.165) is 13.1 Å². The van der Waals surface area contributed by atoms with Crippen molar-refractivity contribution in [2.24, 2.45) is 0 Å². The molecule has 27 heavy (non-hydrogen) atoms. The van der Waals surface area contributed by atoms with E-state index in [0.29, 0.717) is 12.8 Å². The summed E-state index contributed by atoms with van der Waals surface area (Å²) in [5.41, 5.74) is 0. The van der Waals surface area contributed by atoms with Gasteiger partial charge in [-0.3, -0.25) is 0 Å². The van der Waals surface area contributed by atoms with Crippen LogP contribution in [0.2, 0.25) is 0 Å². The molecular formula is C22H21O3SZr. The Bertz CT molecular complexity index is 1020. The van der Waals surface area contributed by atoms with Crippen LogP contribution in [0.1, 0.15) is 12.8 Å².